The summed E-state index contributed by atoms with van der Waals surface area (Å²) >= 11 is 0. The van der Waals surface area contributed by atoms with Crippen LogP contribution in [0.15, 0.2) is 24.3 Å². The molecule has 1 aromatic carbocycles. The number of esters is 1. The highest BCUT2D eigenvalue weighted by atomic mass is 16.6. The first-order valence-electron chi connectivity index (χ1n) is 9.66. The van der Waals surface area contributed by atoms with Gasteiger partial charge in [-0.3, -0.25) is 9.59 Å². The van der Waals surface area contributed by atoms with Crippen molar-refractivity contribution in [2.45, 2.75) is 71.6 Å². The number of carbonyl (C=O) groups excluding carboxylic acids is 3. The molecule has 0 unspecified atom stereocenters. The molecule has 0 fully saturated rings. The summed E-state index contributed by atoms with van der Waals surface area (Å²) in [5.74, 6) is -0.690. The van der Waals surface area contributed by atoms with Crippen LogP contribution >= 0.6 is 0 Å². The number of hydrogen-bond acceptors (Lipinski definition) is 5. The zero-order valence-corrected chi connectivity index (χ0v) is 17.3. The van der Waals surface area contributed by atoms with E-state index in [1.165, 1.54) is 0 Å². The fraction of sp³-hybridized carbons (Fsp3) is 0.571. The quantitative estimate of drug-likeness (QED) is 0.596. The number of nitrogens with one attached hydrogen (secondary N) is 1. The average molecular weight is 390 g/mol. The van der Waals surface area contributed by atoms with Crippen molar-refractivity contribution in [3.05, 3.63) is 29.8 Å². The maximum Gasteiger partial charge on any atom is 0.407 e. The minimum Gasteiger partial charge on any atom is -0.453 e. The van der Waals surface area contributed by atoms with Crippen LogP contribution in [0.1, 0.15) is 53.0 Å². The number of nitrogens with zero attached hydrogens (tertiary/aromatic N) is 1. The second kappa shape index (κ2) is 9.08. The average Bonchev–Trinajstić information content (AvgIpc) is 2.92. The second-order valence-corrected chi connectivity index (χ2v) is 8.05. The number of ether oxygens (including phenoxy) is 2. The summed E-state index contributed by atoms with van der Waals surface area (Å²) in [6.07, 6.45) is -0.0774. The van der Waals surface area contributed by atoms with Crippen LogP contribution in [0.4, 0.5) is 10.5 Å². The molecule has 154 valence electrons. The van der Waals surface area contributed by atoms with Gasteiger partial charge >= 0.3 is 12.1 Å². The lowest BCUT2D eigenvalue weighted by atomic mass is 10.1. The molecular weight excluding hydrogens is 360 g/mol. The summed E-state index contributed by atoms with van der Waals surface area (Å²) < 4.78 is 10.4. The molecule has 0 radical (unpaired) electrons. The SMILES string of the molecule is C[C@@H]1Cc2ccccc2N1C(=O)[C@@H](C)OC(=O)CCCNC(=O)OC(C)(C)C. The molecule has 28 heavy (non-hydrogen) atoms. The molecule has 0 aliphatic carbocycles. The summed E-state index contributed by atoms with van der Waals surface area (Å²) in [5.41, 5.74) is 1.43. The van der Waals surface area contributed by atoms with Gasteiger partial charge in [0.15, 0.2) is 6.10 Å². The Labute approximate surface area is 166 Å². The maximum atomic E-state index is 12.8. The van der Waals surface area contributed by atoms with E-state index in [1.807, 2.05) is 31.2 Å². The van der Waals surface area contributed by atoms with Gasteiger partial charge in [-0.25, -0.2) is 4.79 Å². The van der Waals surface area contributed by atoms with Crippen LogP contribution in [0.5, 0.6) is 0 Å². The van der Waals surface area contributed by atoms with E-state index in [2.05, 4.69) is 5.32 Å². The van der Waals surface area contributed by atoms with Crippen LogP contribution in [0.25, 0.3) is 0 Å². The standard InChI is InChI=1S/C21H30N2O5/c1-14-13-16-9-6-7-10-17(16)23(14)19(25)15(2)27-18(24)11-8-12-22-20(26)28-21(3,4)5/h6-7,9-10,14-15H,8,11-13H2,1-5H3,(H,22,26)/t14-,15-/m1/s1. The van der Waals surface area contributed by atoms with Gasteiger partial charge in [-0.05, 0) is 59.1 Å². The van der Waals surface area contributed by atoms with Gasteiger partial charge in [0.1, 0.15) is 5.60 Å². The molecule has 2 amide bonds. The van der Waals surface area contributed by atoms with Crippen molar-refractivity contribution < 1.29 is 23.9 Å². The van der Waals surface area contributed by atoms with Crippen molar-refractivity contribution in [1.82, 2.24) is 5.32 Å². The maximum absolute atomic E-state index is 12.8. The van der Waals surface area contributed by atoms with E-state index < -0.39 is 23.8 Å². The van der Waals surface area contributed by atoms with Crippen LogP contribution in [0.3, 0.4) is 0 Å². The molecule has 1 aliphatic rings. The molecule has 1 N–H and O–H groups in total. The Morgan fingerprint density at radius 1 is 1.25 bits per heavy atom. The van der Waals surface area contributed by atoms with E-state index in [0.29, 0.717) is 13.0 Å². The number of anilines is 1. The Morgan fingerprint density at radius 2 is 1.93 bits per heavy atom. The van der Waals surface area contributed by atoms with Crippen molar-refractivity contribution in [1.29, 1.82) is 0 Å². The summed E-state index contributed by atoms with van der Waals surface area (Å²) in [7, 11) is 0. The van der Waals surface area contributed by atoms with Crippen molar-refractivity contribution in [2.24, 2.45) is 0 Å². The highest BCUT2D eigenvalue weighted by Gasteiger charge is 2.34. The Bertz CT molecular complexity index is 726. The van der Waals surface area contributed by atoms with Crippen LogP contribution in [-0.4, -0.2) is 42.3 Å². The molecule has 1 aliphatic heterocycles. The fourth-order valence-corrected chi connectivity index (χ4v) is 3.14. The van der Waals surface area contributed by atoms with E-state index in [9.17, 15) is 14.4 Å². The summed E-state index contributed by atoms with van der Waals surface area (Å²) in [4.78, 5) is 38.1. The monoisotopic (exact) mass is 390 g/mol. The summed E-state index contributed by atoms with van der Waals surface area (Å²) in [6, 6.07) is 7.80. The van der Waals surface area contributed by atoms with E-state index >= 15 is 0 Å². The Kier molecular flexibility index (Phi) is 7.05. The number of alkyl carbamates (subject to hydrolysis) is 1. The molecule has 1 heterocycles. The minimum absolute atomic E-state index is 0.0316. The molecule has 1 aromatic rings. The Hall–Kier alpha value is -2.57. The highest BCUT2D eigenvalue weighted by molar-refractivity contribution is 5.99. The topological polar surface area (TPSA) is 84.9 Å². The van der Waals surface area contributed by atoms with Gasteiger partial charge in [0.25, 0.3) is 5.91 Å². The van der Waals surface area contributed by atoms with Gasteiger partial charge in [0.2, 0.25) is 0 Å². The smallest absolute Gasteiger partial charge is 0.407 e. The first-order valence-corrected chi connectivity index (χ1v) is 9.66. The van der Waals surface area contributed by atoms with Crippen LogP contribution in [0, 0.1) is 0 Å². The summed E-state index contributed by atoms with van der Waals surface area (Å²) in [5, 5.41) is 2.59. The third-order valence-electron chi connectivity index (χ3n) is 4.33. The van der Waals surface area contributed by atoms with Crippen LogP contribution in [0.2, 0.25) is 0 Å². The molecule has 0 saturated carbocycles. The number of hydrogen-bond donors (Lipinski definition) is 1. The molecule has 0 aromatic heterocycles. The molecule has 0 saturated heterocycles. The number of carbonyl (C=O) groups is 3. The molecule has 0 bridgehead atoms. The minimum atomic E-state index is -0.861. The highest BCUT2D eigenvalue weighted by Crippen LogP contribution is 2.32. The predicted octanol–water partition coefficient (Wildman–Crippen LogP) is 3.20. The lowest BCUT2D eigenvalue weighted by molar-refractivity contribution is -0.154. The number of fused-ring (bicyclic) bond motifs is 1. The van der Waals surface area contributed by atoms with E-state index in [0.717, 1.165) is 17.7 Å². The van der Waals surface area contributed by atoms with Crippen molar-refractivity contribution in [3.8, 4) is 0 Å². The van der Waals surface area contributed by atoms with Gasteiger partial charge in [0.05, 0.1) is 0 Å². The third-order valence-corrected chi connectivity index (χ3v) is 4.33. The van der Waals surface area contributed by atoms with Crippen molar-refractivity contribution >= 4 is 23.7 Å². The molecule has 7 nitrogen and oxygen atoms in total. The van der Waals surface area contributed by atoms with E-state index in [1.54, 1.807) is 32.6 Å². The zero-order valence-electron chi connectivity index (χ0n) is 17.3. The van der Waals surface area contributed by atoms with Gasteiger partial charge in [-0.1, -0.05) is 18.2 Å². The van der Waals surface area contributed by atoms with Crippen LogP contribution in [-0.2, 0) is 25.5 Å². The van der Waals surface area contributed by atoms with Gasteiger partial charge < -0.3 is 19.7 Å². The Balaban J connectivity index is 1.76. The largest absolute Gasteiger partial charge is 0.453 e. The number of amides is 2. The normalized spacial score (nSPS) is 16.9. The predicted molar refractivity (Wildman–Crippen MR) is 106 cm³/mol. The van der Waals surface area contributed by atoms with Crippen LogP contribution < -0.4 is 10.2 Å². The Morgan fingerprint density at radius 3 is 2.61 bits per heavy atom. The zero-order chi connectivity index (χ0) is 20.9. The van der Waals surface area contributed by atoms with E-state index in [4.69, 9.17) is 9.47 Å². The molecule has 2 atom stereocenters. The van der Waals surface area contributed by atoms with E-state index in [-0.39, 0.29) is 18.4 Å². The summed E-state index contributed by atoms with van der Waals surface area (Å²) in [6.45, 7) is 9.20. The first-order chi connectivity index (χ1) is 13.1. The molecular formula is C21H30N2O5. The van der Waals surface area contributed by atoms with Gasteiger partial charge in [-0.15, -0.1) is 0 Å². The molecule has 0 spiro atoms. The van der Waals surface area contributed by atoms with Gasteiger partial charge in [0, 0.05) is 24.7 Å². The molecule has 2 rings (SSSR count). The molecule has 7 heteroatoms. The fourth-order valence-electron chi connectivity index (χ4n) is 3.14. The lowest BCUT2D eigenvalue weighted by Crippen LogP contribution is -2.43. The number of rotatable bonds is 6. The third kappa shape index (κ3) is 5.97. The first kappa shape index (κ1) is 21.7. The van der Waals surface area contributed by atoms with Crippen molar-refractivity contribution in [2.75, 3.05) is 11.4 Å². The second-order valence-electron chi connectivity index (χ2n) is 8.05. The lowest BCUT2D eigenvalue weighted by Gasteiger charge is -2.26. The number of para-hydroxylation sites is 1. The van der Waals surface area contributed by atoms with Gasteiger partial charge in [-0.2, -0.15) is 0 Å². The van der Waals surface area contributed by atoms with Crippen molar-refractivity contribution in [3.63, 3.8) is 0 Å². The number of benzene rings is 1.